The van der Waals surface area contributed by atoms with E-state index in [1.54, 1.807) is 4.90 Å². The number of aliphatic carboxylic acids is 1. The fraction of sp³-hybridized carbons (Fsp3) is 0.727. The molecule has 0 aliphatic carbocycles. The monoisotopic (exact) mass is 240 g/mol. The van der Waals surface area contributed by atoms with E-state index in [1.165, 1.54) is 0 Å². The lowest BCUT2D eigenvalue weighted by atomic mass is 9.87. The largest absolute Gasteiger partial charge is 0.480 e. The first kappa shape index (κ1) is 12.0. The quantitative estimate of drug-likeness (QED) is 0.646. The zero-order valence-electron chi connectivity index (χ0n) is 9.68. The number of carboxylic acids is 1. The second-order valence-electron chi connectivity index (χ2n) is 4.61. The summed E-state index contributed by atoms with van der Waals surface area (Å²) in [6.45, 7) is 2.74. The number of rotatable bonds is 3. The number of nitrogens with zero attached hydrogens (tertiary/aromatic N) is 1. The fourth-order valence-electron chi connectivity index (χ4n) is 2.74. The van der Waals surface area contributed by atoms with Gasteiger partial charge in [0.1, 0.15) is 6.04 Å². The van der Waals surface area contributed by atoms with Crippen LogP contribution in [0.3, 0.4) is 0 Å². The Morgan fingerprint density at radius 3 is 2.71 bits per heavy atom. The molecule has 2 aliphatic rings. The van der Waals surface area contributed by atoms with Gasteiger partial charge in [0.2, 0.25) is 11.8 Å². The number of hydrogen-bond donors (Lipinski definition) is 2. The number of carboxylic acid groups (broad SMARTS) is 1. The van der Waals surface area contributed by atoms with Crippen LogP contribution in [0, 0.1) is 11.8 Å². The lowest BCUT2D eigenvalue weighted by molar-refractivity contribution is -0.145. The van der Waals surface area contributed by atoms with Crippen LogP contribution >= 0.6 is 0 Å². The molecule has 0 radical (unpaired) electrons. The van der Waals surface area contributed by atoms with Crippen molar-refractivity contribution in [1.82, 2.24) is 10.2 Å². The summed E-state index contributed by atoms with van der Waals surface area (Å²) < 4.78 is 0. The topological polar surface area (TPSA) is 86.7 Å². The van der Waals surface area contributed by atoms with Crippen molar-refractivity contribution >= 4 is 17.8 Å². The number of carbonyl (C=O) groups is 3. The van der Waals surface area contributed by atoms with Crippen LogP contribution in [0.1, 0.15) is 19.8 Å². The molecule has 0 saturated carbocycles. The van der Waals surface area contributed by atoms with Crippen LogP contribution in [0.2, 0.25) is 0 Å². The highest BCUT2D eigenvalue weighted by Gasteiger charge is 2.46. The highest BCUT2D eigenvalue weighted by molar-refractivity contribution is 6.05. The molecule has 2 saturated heterocycles. The molecular formula is C11H16N2O4. The van der Waals surface area contributed by atoms with Gasteiger partial charge >= 0.3 is 5.97 Å². The van der Waals surface area contributed by atoms with E-state index in [0.717, 1.165) is 0 Å². The molecule has 0 spiro atoms. The van der Waals surface area contributed by atoms with Gasteiger partial charge in [-0.15, -0.1) is 0 Å². The van der Waals surface area contributed by atoms with Crippen LogP contribution in [0.5, 0.6) is 0 Å². The zero-order valence-corrected chi connectivity index (χ0v) is 9.68. The summed E-state index contributed by atoms with van der Waals surface area (Å²) in [5, 5.41) is 11.4. The fourth-order valence-corrected chi connectivity index (χ4v) is 2.74. The maximum Gasteiger partial charge on any atom is 0.320 e. The van der Waals surface area contributed by atoms with Crippen molar-refractivity contribution in [1.29, 1.82) is 0 Å². The normalized spacial score (nSPS) is 30.9. The third kappa shape index (κ3) is 2.04. The Labute approximate surface area is 99.0 Å². The minimum Gasteiger partial charge on any atom is -0.480 e. The molecule has 2 amide bonds. The molecule has 6 heteroatoms. The third-order valence-corrected chi connectivity index (χ3v) is 3.68. The maximum absolute atomic E-state index is 11.5. The van der Waals surface area contributed by atoms with Crippen molar-refractivity contribution < 1.29 is 19.5 Å². The van der Waals surface area contributed by atoms with E-state index >= 15 is 0 Å². The van der Waals surface area contributed by atoms with Gasteiger partial charge in [-0.3, -0.25) is 24.6 Å². The van der Waals surface area contributed by atoms with Gasteiger partial charge < -0.3 is 5.11 Å². The Kier molecular flexibility index (Phi) is 3.15. The Morgan fingerprint density at radius 2 is 2.12 bits per heavy atom. The van der Waals surface area contributed by atoms with Gasteiger partial charge in [0, 0.05) is 6.54 Å². The summed E-state index contributed by atoms with van der Waals surface area (Å²) in [7, 11) is 0. The van der Waals surface area contributed by atoms with E-state index in [4.69, 9.17) is 5.11 Å². The number of hydrogen-bond acceptors (Lipinski definition) is 4. The Balaban J connectivity index is 2.09. The lowest BCUT2D eigenvalue weighted by Gasteiger charge is -2.35. The lowest BCUT2D eigenvalue weighted by Crippen LogP contribution is -2.49. The van der Waals surface area contributed by atoms with Crippen molar-refractivity contribution in [2.75, 3.05) is 13.1 Å². The van der Waals surface area contributed by atoms with E-state index in [2.05, 4.69) is 5.32 Å². The molecule has 2 N–H and O–H groups in total. The molecule has 2 fully saturated rings. The number of piperidine rings is 1. The Hall–Kier alpha value is -1.43. The van der Waals surface area contributed by atoms with Gasteiger partial charge in [0.15, 0.2) is 0 Å². The van der Waals surface area contributed by atoms with Crippen molar-refractivity contribution in [3.8, 4) is 0 Å². The molecule has 2 aliphatic heterocycles. The molecule has 2 rings (SSSR count). The van der Waals surface area contributed by atoms with E-state index in [9.17, 15) is 14.4 Å². The van der Waals surface area contributed by atoms with Gasteiger partial charge in [0.25, 0.3) is 0 Å². The summed E-state index contributed by atoms with van der Waals surface area (Å²) in [5.41, 5.74) is 0. The summed E-state index contributed by atoms with van der Waals surface area (Å²) in [6, 6.07) is -0.556. The van der Waals surface area contributed by atoms with Gasteiger partial charge in [-0.2, -0.15) is 0 Å². The van der Waals surface area contributed by atoms with Crippen LogP contribution in [0.4, 0.5) is 0 Å². The number of nitrogens with one attached hydrogen (secondary N) is 1. The summed E-state index contributed by atoms with van der Waals surface area (Å²) in [5.74, 6) is -1.96. The van der Waals surface area contributed by atoms with Crippen molar-refractivity contribution in [3.63, 3.8) is 0 Å². The molecule has 0 unspecified atom stereocenters. The molecule has 3 atom stereocenters. The average molecular weight is 240 g/mol. The smallest absolute Gasteiger partial charge is 0.320 e. The molecular weight excluding hydrogens is 224 g/mol. The van der Waals surface area contributed by atoms with Crippen LogP contribution < -0.4 is 5.32 Å². The second-order valence-corrected chi connectivity index (χ2v) is 4.61. The van der Waals surface area contributed by atoms with Crippen LogP contribution in [-0.2, 0) is 14.4 Å². The molecule has 0 aromatic carbocycles. The molecule has 0 bridgehead atoms. The molecule has 94 valence electrons. The van der Waals surface area contributed by atoms with E-state index in [1.807, 2.05) is 6.92 Å². The van der Waals surface area contributed by atoms with Gasteiger partial charge in [0.05, 0.1) is 11.8 Å². The van der Waals surface area contributed by atoms with Crippen molar-refractivity contribution in [2.45, 2.75) is 25.8 Å². The maximum atomic E-state index is 11.5. The predicted molar refractivity (Wildman–Crippen MR) is 58.0 cm³/mol. The van der Waals surface area contributed by atoms with E-state index in [0.29, 0.717) is 25.9 Å². The van der Waals surface area contributed by atoms with Gasteiger partial charge in [-0.25, -0.2) is 0 Å². The number of fused-ring (bicyclic) bond motifs is 1. The third-order valence-electron chi connectivity index (χ3n) is 3.68. The molecule has 6 nitrogen and oxygen atoms in total. The first-order valence-corrected chi connectivity index (χ1v) is 5.86. The summed E-state index contributed by atoms with van der Waals surface area (Å²) in [6.07, 6.45) is 1.06. The van der Waals surface area contributed by atoms with Crippen molar-refractivity contribution in [2.24, 2.45) is 11.8 Å². The van der Waals surface area contributed by atoms with Crippen LogP contribution in [-0.4, -0.2) is 46.9 Å². The first-order valence-electron chi connectivity index (χ1n) is 5.86. The predicted octanol–water partition coefficient (Wildman–Crippen LogP) is -0.556. The average Bonchev–Trinajstić information content (AvgIpc) is 2.55. The minimum atomic E-state index is -0.865. The molecule has 0 aromatic rings. The zero-order chi connectivity index (χ0) is 12.6. The van der Waals surface area contributed by atoms with E-state index < -0.39 is 12.0 Å². The minimum absolute atomic E-state index is 0.206. The van der Waals surface area contributed by atoms with Crippen molar-refractivity contribution in [3.05, 3.63) is 0 Å². The summed E-state index contributed by atoms with van der Waals surface area (Å²) in [4.78, 5) is 35.8. The Bertz CT molecular complexity index is 368. The van der Waals surface area contributed by atoms with E-state index in [-0.39, 0.29) is 23.7 Å². The highest BCUT2D eigenvalue weighted by atomic mass is 16.4. The number of likely N-dealkylation sites (tertiary alicyclic amines) is 1. The van der Waals surface area contributed by atoms with Crippen LogP contribution in [0.25, 0.3) is 0 Å². The molecule has 2 heterocycles. The Morgan fingerprint density at radius 1 is 1.47 bits per heavy atom. The van der Waals surface area contributed by atoms with Gasteiger partial charge in [-0.1, -0.05) is 6.92 Å². The highest BCUT2D eigenvalue weighted by Crippen LogP contribution is 2.29. The molecule has 0 aromatic heterocycles. The number of carbonyl (C=O) groups excluding carboxylic acids is 2. The second kappa shape index (κ2) is 4.44. The molecule has 17 heavy (non-hydrogen) atoms. The number of imide groups is 1. The SMILES string of the molecule is CC[C@H](C(=O)O)N1CC[C@@H]2C(=O)NC(=O)[C@H]2C1. The first-order chi connectivity index (χ1) is 8.04. The van der Waals surface area contributed by atoms with Gasteiger partial charge in [-0.05, 0) is 19.4 Å². The van der Waals surface area contributed by atoms with Crippen LogP contribution in [0.15, 0.2) is 0 Å². The summed E-state index contributed by atoms with van der Waals surface area (Å²) >= 11 is 0. The number of amides is 2. The standard InChI is InChI=1S/C11H16N2O4/c1-2-8(11(16)17)13-4-3-6-7(5-13)10(15)12-9(6)14/h6-8H,2-5H2,1H3,(H,16,17)(H,12,14,15)/t6-,7-,8+/m0/s1.